The number of unbranched alkanes of at least 4 members (excludes halogenated alkanes) is 2. The van der Waals surface area contributed by atoms with E-state index in [0.29, 0.717) is 6.42 Å². The molecule has 0 heterocycles. The van der Waals surface area contributed by atoms with Gasteiger partial charge in [0.25, 0.3) is 0 Å². The molecule has 2 N–H and O–H groups in total. The molecule has 0 bridgehead atoms. The molecule has 0 aliphatic carbocycles. The van der Waals surface area contributed by atoms with Crippen LogP contribution < -0.4 is 5.32 Å². The number of hydrogen-bond acceptors (Lipinski definition) is 3. The second kappa shape index (κ2) is 6.96. The summed E-state index contributed by atoms with van der Waals surface area (Å²) in [4.78, 5) is 10.7. The minimum Gasteiger partial charge on any atom is -0.389 e. The van der Waals surface area contributed by atoms with Gasteiger partial charge in [0.2, 0.25) is 0 Å². The molecule has 0 aliphatic rings. The van der Waals surface area contributed by atoms with Crippen molar-refractivity contribution in [1.29, 1.82) is 0 Å². The third kappa shape index (κ3) is 9.68. The Balaban J connectivity index is 3.18. The standard InChI is InChI=1S/C11H23NO2/c1-11(2,3)12-8-6-4-5-7-10(14)9-13/h12-13H,4-9H2,1-3H3. The summed E-state index contributed by atoms with van der Waals surface area (Å²) in [5.74, 6) is -0.0474. The molecule has 0 radical (unpaired) electrons. The van der Waals surface area contributed by atoms with Gasteiger partial charge in [0.15, 0.2) is 5.78 Å². The average molecular weight is 201 g/mol. The second-order valence-corrected chi connectivity index (χ2v) is 4.68. The smallest absolute Gasteiger partial charge is 0.158 e. The predicted octanol–water partition coefficient (Wildman–Crippen LogP) is 1.50. The number of Topliss-reactive ketones (excluding diaryl/α,β-unsaturated/α-hetero) is 1. The lowest BCUT2D eigenvalue weighted by Gasteiger charge is -2.20. The van der Waals surface area contributed by atoms with Crippen molar-refractivity contribution in [2.75, 3.05) is 13.2 Å². The van der Waals surface area contributed by atoms with E-state index in [0.717, 1.165) is 25.8 Å². The zero-order chi connectivity index (χ0) is 11.0. The first-order valence-electron chi connectivity index (χ1n) is 5.33. The van der Waals surface area contributed by atoms with Crippen LogP contribution >= 0.6 is 0 Å². The monoisotopic (exact) mass is 201 g/mol. The van der Waals surface area contributed by atoms with Crippen LogP contribution in [0.5, 0.6) is 0 Å². The Morgan fingerprint density at radius 3 is 2.36 bits per heavy atom. The van der Waals surface area contributed by atoms with E-state index in [1.807, 2.05) is 0 Å². The van der Waals surface area contributed by atoms with E-state index < -0.39 is 0 Å². The van der Waals surface area contributed by atoms with E-state index in [4.69, 9.17) is 5.11 Å². The second-order valence-electron chi connectivity index (χ2n) is 4.68. The number of rotatable bonds is 7. The van der Waals surface area contributed by atoms with Gasteiger partial charge in [0.1, 0.15) is 6.61 Å². The number of hydrogen-bond donors (Lipinski definition) is 2. The molecule has 0 atom stereocenters. The van der Waals surface area contributed by atoms with Crippen LogP contribution in [0.25, 0.3) is 0 Å². The third-order valence-electron chi connectivity index (χ3n) is 1.96. The summed E-state index contributed by atoms with van der Waals surface area (Å²) in [5.41, 5.74) is 0.181. The minimum atomic E-state index is -0.305. The van der Waals surface area contributed by atoms with Crippen molar-refractivity contribution in [2.24, 2.45) is 0 Å². The van der Waals surface area contributed by atoms with Gasteiger partial charge in [0, 0.05) is 12.0 Å². The highest BCUT2D eigenvalue weighted by Gasteiger charge is 2.07. The van der Waals surface area contributed by atoms with Crippen LogP contribution in [0.1, 0.15) is 46.5 Å². The lowest BCUT2D eigenvalue weighted by Crippen LogP contribution is -2.36. The maximum absolute atomic E-state index is 10.7. The molecule has 0 aliphatic heterocycles. The van der Waals surface area contributed by atoms with E-state index in [-0.39, 0.29) is 17.9 Å². The topological polar surface area (TPSA) is 49.3 Å². The van der Waals surface area contributed by atoms with Gasteiger partial charge in [-0.2, -0.15) is 0 Å². The van der Waals surface area contributed by atoms with Crippen LogP contribution in [-0.2, 0) is 4.79 Å². The highest BCUT2D eigenvalue weighted by Crippen LogP contribution is 2.02. The molecule has 3 nitrogen and oxygen atoms in total. The van der Waals surface area contributed by atoms with Crippen LogP contribution in [0.2, 0.25) is 0 Å². The van der Waals surface area contributed by atoms with Crippen molar-refractivity contribution >= 4 is 5.78 Å². The molecule has 0 unspecified atom stereocenters. The molecule has 0 rings (SSSR count). The fraction of sp³-hybridized carbons (Fsp3) is 0.909. The summed E-state index contributed by atoms with van der Waals surface area (Å²) in [6.07, 6.45) is 3.56. The number of carbonyl (C=O) groups is 1. The van der Waals surface area contributed by atoms with Crippen LogP contribution in [0.15, 0.2) is 0 Å². The first-order chi connectivity index (χ1) is 6.45. The molecule has 0 saturated heterocycles. The van der Waals surface area contributed by atoms with Crippen molar-refractivity contribution < 1.29 is 9.90 Å². The van der Waals surface area contributed by atoms with Crippen molar-refractivity contribution in [2.45, 2.75) is 52.0 Å². The summed E-state index contributed by atoms with van der Waals surface area (Å²) in [5, 5.41) is 11.9. The van der Waals surface area contributed by atoms with Gasteiger partial charge >= 0.3 is 0 Å². The number of ketones is 1. The molecule has 14 heavy (non-hydrogen) atoms. The Bertz CT molecular complexity index is 161. The molecule has 3 heteroatoms. The van der Waals surface area contributed by atoms with Crippen molar-refractivity contribution in [3.8, 4) is 0 Å². The quantitative estimate of drug-likeness (QED) is 0.614. The lowest BCUT2D eigenvalue weighted by atomic mass is 10.1. The summed E-state index contributed by atoms with van der Waals surface area (Å²) < 4.78 is 0. The summed E-state index contributed by atoms with van der Waals surface area (Å²) in [7, 11) is 0. The van der Waals surface area contributed by atoms with Crippen LogP contribution in [0.4, 0.5) is 0 Å². The van der Waals surface area contributed by atoms with Crippen LogP contribution in [0.3, 0.4) is 0 Å². The first kappa shape index (κ1) is 13.6. The normalized spacial score (nSPS) is 11.7. The maximum atomic E-state index is 10.7. The average Bonchev–Trinajstić information content (AvgIpc) is 2.08. The fourth-order valence-corrected chi connectivity index (χ4v) is 1.17. The van der Waals surface area contributed by atoms with Crippen LogP contribution in [-0.4, -0.2) is 29.6 Å². The molecule has 0 aromatic carbocycles. The Morgan fingerprint density at radius 1 is 1.21 bits per heavy atom. The summed E-state index contributed by atoms with van der Waals surface area (Å²) in [6, 6.07) is 0. The number of aliphatic hydroxyl groups excluding tert-OH is 1. The van der Waals surface area contributed by atoms with E-state index in [9.17, 15) is 4.79 Å². The van der Waals surface area contributed by atoms with Gasteiger partial charge in [-0.1, -0.05) is 6.42 Å². The van der Waals surface area contributed by atoms with Crippen molar-refractivity contribution in [3.63, 3.8) is 0 Å². The molecular weight excluding hydrogens is 178 g/mol. The van der Waals surface area contributed by atoms with E-state index in [1.165, 1.54) is 0 Å². The van der Waals surface area contributed by atoms with Gasteiger partial charge in [-0.3, -0.25) is 4.79 Å². The zero-order valence-electron chi connectivity index (χ0n) is 9.60. The Kier molecular flexibility index (Phi) is 6.75. The Labute approximate surface area is 86.9 Å². The summed E-state index contributed by atoms with van der Waals surface area (Å²) >= 11 is 0. The highest BCUT2D eigenvalue weighted by atomic mass is 16.3. The molecule has 0 fully saturated rings. The zero-order valence-corrected chi connectivity index (χ0v) is 9.60. The SMILES string of the molecule is CC(C)(C)NCCCCCC(=O)CO. The fourth-order valence-electron chi connectivity index (χ4n) is 1.17. The molecule has 0 aromatic rings. The van der Waals surface area contributed by atoms with Crippen LogP contribution in [0, 0.1) is 0 Å². The van der Waals surface area contributed by atoms with E-state index in [1.54, 1.807) is 0 Å². The molecule has 0 saturated carbocycles. The van der Waals surface area contributed by atoms with Gasteiger partial charge in [-0.25, -0.2) is 0 Å². The van der Waals surface area contributed by atoms with Gasteiger partial charge in [-0.05, 0) is 40.2 Å². The summed E-state index contributed by atoms with van der Waals surface area (Å²) in [6.45, 7) is 7.11. The number of carbonyl (C=O) groups excluding carboxylic acids is 1. The lowest BCUT2D eigenvalue weighted by molar-refractivity contribution is -0.121. The number of nitrogens with one attached hydrogen (secondary N) is 1. The number of aliphatic hydroxyl groups is 1. The minimum absolute atomic E-state index is 0.0474. The predicted molar refractivity (Wildman–Crippen MR) is 58.3 cm³/mol. The van der Waals surface area contributed by atoms with Crippen molar-refractivity contribution in [1.82, 2.24) is 5.32 Å². The maximum Gasteiger partial charge on any atom is 0.158 e. The van der Waals surface area contributed by atoms with E-state index >= 15 is 0 Å². The van der Waals surface area contributed by atoms with Gasteiger partial charge in [0.05, 0.1) is 0 Å². The third-order valence-corrected chi connectivity index (χ3v) is 1.96. The molecule has 0 amide bonds. The first-order valence-corrected chi connectivity index (χ1v) is 5.33. The molecule has 84 valence electrons. The Morgan fingerprint density at radius 2 is 1.86 bits per heavy atom. The van der Waals surface area contributed by atoms with E-state index in [2.05, 4.69) is 26.1 Å². The largest absolute Gasteiger partial charge is 0.389 e. The Hall–Kier alpha value is -0.410. The molecule has 0 aromatic heterocycles. The highest BCUT2D eigenvalue weighted by molar-refractivity contribution is 5.79. The molecule has 0 spiro atoms. The van der Waals surface area contributed by atoms with Gasteiger partial charge in [-0.15, -0.1) is 0 Å². The molecular formula is C11H23NO2. The van der Waals surface area contributed by atoms with Crippen molar-refractivity contribution in [3.05, 3.63) is 0 Å². The van der Waals surface area contributed by atoms with Gasteiger partial charge < -0.3 is 10.4 Å².